The minimum atomic E-state index is -0.311. The van der Waals surface area contributed by atoms with Gasteiger partial charge >= 0.3 is 0 Å². The molecule has 2 amide bonds. The third-order valence-electron chi connectivity index (χ3n) is 6.28. The van der Waals surface area contributed by atoms with E-state index in [2.05, 4.69) is 0 Å². The van der Waals surface area contributed by atoms with Crippen LogP contribution in [0, 0.1) is 11.3 Å². The summed E-state index contributed by atoms with van der Waals surface area (Å²) < 4.78 is 5.13. The Hall–Kier alpha value is -1.10. The van der Waals surface area contributed by atoms with Gasteiger partial charge in [-0.25, -0.2) is 0 Å². The normalized spacial score (nSPS) is 28.8. The highest BCUT2D eigenvalue weighted by atomic mass is 16.5. The SMILES string of the molecule is COCCN1CCC[C@@]2(CCN(C(=O)CC3CCCCC3)C2)C1=O. The van der Waals surface area contributed by atoms with E-state index in [0.717, 1.165) is 32.4 Å². The predicted octanol–water partition coefficient (Wildman–Crippen LogP) is 2.44. The van der Waals surface area contributed by atoms with Gasteiger partial charge < -0.3 is 14.5 Å². The highest BCUT2D eigenvalue weighted by Crippen LogP contribution is 2.40. The fourth-order valence-electron chi connectivity index (χ4n) is 4.80. The molecular weight excluding hydrogens is 304 g/mol. The van der Waals surface area contributed by atoms with Crippen molar-refractivity contribution >= 4 is 11.8 Å². The maximum atomic E-state index is 12.9. The van der Waals surface area contributed by atoms with Gasteiger partial charge in [0.2, 0.25) is 11.8 Å². The number of amides is 2. The number of likely N-dealkylation sites (tertiary alicyclic amines) is 2. The number of hydrogen-bond donors (Lipinski definition) is 0. The van der Waals surface area contributed by atoms with Gasteiger partial charge in [-0.15, -0.1) is 0 Å². The minimum absolute atomic E-state index is 0.249. The zero-order valence-corrected chi connectivity index (χ0v) is 15.1. The van der Waals surface area contributed by atoms with E-state index in [1.807, 2.05) is 9.80 Å². The summed E-state index contributed by atoms with van der Waals surface area (Å²) in [6.07, 6.45) is 9.78. The van der Waals surface area contributed by atoms with Crippen molar-refractivity contribution in [2.45, 2.75) is 57.8 Å². The van der Waals surface area contributed by atoms with E-state index in [9.17, 15) is 9.59 Å². The molecule has 5 nitrogen and oxygen atoms in total. The summed E-state index contributed by atoms with van der Waals surface area (Å²) in [5.41, 5.74) is -0.311. The van der Waals surface area contributed by atoms with Gasteiger partial charge in [-0.2, -0.15) is 0 Å². The van der Waals surface area contributed by atoms with Crippen LogP contribution in [0.2, 0.25) is 0 Å². The van der Waals surface area contributed by atoms with E-state index in [0.29, 0.717) is 32.0 Å². The number of rotatable bonds is 5. The van der Waals surface area contributed by atoms with E-state index in [1.54, 1.807) is 7.11 Å². The number of methoxy groups -OCH3 is 1. The number of piperidine rings is 1. The Balaban J connectivity index is 1.56. The van der Waals surface area contributed by atoms with Gasteiger partial charge in [-0.3, -0.25) is 9.59 Å². The van der Waals surface area contributed by atoms with Crippen molar-refractivity contribution in [1.29, 1.82) is 0 Å². The van der Waals surface area contributed by atoms with Crippen molar-refractivity contribution in [1.82, 2.24) is 9.80 Å². The van der Waals surface area contributed by atoms with Gasteiger partial charge in [0.25, 0.3) is 0 Å². The molecule has 0 N–H and O–H groups in total. The second kappa shape index (κ2) is 7.85. The molecule has 2 aliphatic heterocycles. The largest absolute Gasteiger partial charge is 0.383 e. The molecule has 24 heavy (non-hydrogen) atoms. The number of nitrogens with zero attached hydrogens (tertiary/aromatic N) is 2. The van der Waals surface area contributed by atoms with Crippen LogP contribution in [-0.4, -0.2) is 61.5 Å². The zero-order chi connectivity index (χ0) is 17.0. The van der Waals surface area contributed by atoms with Crippen molar-refractivity contribution in [3.63, 3.8) is 0 Å². The molecule has 2 saturated heterocycles. The fourth-order valence-corrected chi connectivity index (χ4v) is 4.80. The highest BCUT2D eigenvalue weighted by molar-refractivity contribution is 5.86. The van der Waals surface area contributed by atoms with Crippen LogP contribution < -0.4 is 0 Å². The first-order valence-corrected chi connectivity index (χ1v) is 9.71. The molecule has 2 heterocycles. The molecule has 0 aromatic rings. The smallest absolute Gasteiger partial charge is 0.230 e. The van der Waals surface area contributed by atoms with Crippen LogP contribution in [0.4, 0.5) is 0 Å². The molecule has 0 bridgehead atoms. The summed E-state index contributed by atoms with van der Waals surface area (Å²) in [4.78, 5) is 29.6. The Morgan fingerprint density at radius 1 is 1.17 bits per heavy atom. The Labute approximate surface area is 145 Å². The lowest BCUT2D eigenvalue weighted by Crippen LogP contribution is -2.51. The second-order valence-corrected chi connectivity index (χ2v) is 7.94. The average Bonchev–Trinajstić information content (AvgIpc) is 3.03. The summed E-state index contributed by atoms with van der Waals surface area (Å²) in [5.74, 6) is 1.10. The van der Waals surface area contributed by atoms with E-state index >= 15 is 0 Å². The van der Waals surface area contributed by atoms with E-state index < -0.39 is 0 Å². The third-order valence-corrected chi connectivity index (χ3v) is 6.28. The van der Waals surface area contributed by atoms with Crippen molar-refractivity contribution in [3.05, 3.63) is 0 Å². The maximum absolute atomic E-state index is 12.9. The molecule has 3 aliphatic rings. The highest BCUT2D eigenvalue weighted by Gasteiger charge is 2.49. The van der Waals surface area contributed by atoms with Gasteiger partial charge in [-0.1, -0.05) is 19.3 Å². The molecule has 0 aromatic carbocycles. The molecule has 5 heteroatoms. The van der Waals surface area contributed by atoms with E-state index in [4.69, 9.17) is 4.74 Å². The number of carbonyl (C=O) groups excluding carboxylic acids is 2. The molecule has 3 rings (SSSR count). The second-order valence-electron chi connectivity index (χ2n) is 7.94. The Bertz CT molecular complexity index is 462. The first-order chi connectivity index (χ1) is 11.6. The lowest BCUT2D eigenvalue weighted by molar-refractivity contribution is -0.146. The molecule has 3 fully saturated rings. The summed E-state index contributed by atoms with van der Waals surface area (Å²) in [5, 5.41) is 0. The maximum Gasteiger partial charge on any atom is 0.230 e. The van der Waals surface area contributed by atoms with E-state index in [-0.39, 0.29) is 17.2 Å². The zero-order valence-electron chi connectivity index (χ0n) is 15.1. The van der Waals surface area contributed by atoms with Crippen LogP contribution in [0.1, 0.15) is 57.8 Å². The Morgan fingerprint density at radius 2 is 1.96 bits per heavy atom. The van der Waals surface area contributed by atoms with E-state index in [1.165, 1.54) is 32.1 Å². The number of ether oxygens (including phenoxy) is 1. The predicted molar refractivity (Wildman–Crippen MR) is 92.5 cm³/mol. The molecule has 0 radical (unpaired) electrons. The van der Waals surface area contributed by atoms with Gasteiger partial charge in [0, 0.05) is 39.7 Å². The molecule has 1 saturated carbocycles. The van der Waals surface area contributed by atoms with Gasteiger partial charge in [0.05, 0.1) is 12.0 Å². The topological polar surface area (TPSA) is 49.9 Å². The first kappa shape index (κ1) is 17.7. The van der Waals surface area contributed by atoms with Crippen LogP contribution in [0.5, 0.6) is 0 Å². The first-order valence-electron chi connectivity index (χ1n) is 9.71. The number of hydrogen-bond acceptors (Lipinski definition) is 3. The fraction of sp³-hybridized carbons (Fsp3) is 0.895. The quantitative estimate of drug-likeness (QED) is 0.775. The van der Waals surface area contributed by atoms with Crippen LogP contribution in [0.15, 0.2) is 0 Å². The summed E-state index contributed by atoms with van der Waals surface area (Å²) in [7, 11) is 1.67. The van der Waals surface area contributed by atoms with Crippen molar-refractivity contribution in [2.75, 3.05) is 39.9 Å². The standard InChI is InChI=1S/C19H32N2O3/c1-24-13-12-20-10-5-8-19(18(20)23)9-11-21(15-19)17(22)14-16-6-3-2-4-7-16/h16H,2-15H2,1H3/t19-/m0/s1. The van der Waals surface area contributed by atoms with Crippen molar-refractivity contribution < 1.29 is 14.3 Å². The third kappa shape index (κ3) is 3.76. The van der Waals surface area contributed by atoms with Crippen LogP contribution in [0.3, 0.4) is 0 Å². The minimum Gasteiger partial charge on any atom is -0.383 e. The van der Waals surface area contributed by atoms with Gasteiger partial charge in [-0.05, 0) is 38.0 Å². The van der Waals surface area contributed by atoms with Crippen LogP contribution >= 0.6 is 0 Å². The van der Waals surface area contributed by atoms with Crippen LogP contribution in [0.25, 0.3) is 0 Å². The summed E-state index contributed by atoms with van der Waals surface area (Å²) >= 11 is 0. The Kier molecular flexibility index (Phi) is 5.80. The van der Waals surface area contributed by atoms with Gasteiger partial charge in [0.15, 0.2) is 0 Å². The van der Waals surface area contributed by atoms with Crippen LogP contribution in [-0.2, 0) is 14.3 Å². The average molecular weight is 336 g/mol. The molecule has 0 unspecified atom stereocenters. The monoisotopic (exact) mass is 336 g/mol. The summed E-state index contributed by atoms with van der Waals surface area (Å²) in [6, 6.07) is 0. The molecular formula is C19H32N2O3. The van der Waals surface area contributed by atoms with Gasteiger partial charge in [0.1, 0.15) is 0 Å². The van der Waals surface area contributed by atoms with Crippen molar-refractivity contribution in [2.24, 2.45) is 11.3 Å². The molecule has 1 spiro atoms. The summed E-state index contributed by atoms with van der Waals surface area (Å²) in [6.45, 7) is 3.50. The lowest BCUT2D eigenvalue weighted by Gasteiger charge is -2.39. The lowest BCUT2D eigenvalue weighted by atomic mass is 9.78. The molecule has 1 atom stereocenters. The molecule has 136 valence electrons. The Morgan fingerprint density at radius 3 is 2.71 bits per heavy atom. The van der Waals surface area contributed by atoms with Crippen molar-refractivity contribution in [3.8, 4) is 0 Å². The molecule has 0 aromatic heterocycles. The molecule has 1 aliphatic carbocycles. The number of carbonyl (C=O) groups is 2.